The van der Waals surface area contributed by atoms with Crippen molar-refractivity contribution in [1.82, 2.24) is 30.5 Å². The van der Waals surface area contributed by atoms with Gasteiger partial charge in [0.1, 0.15) is 23.8 Å². The minimum absolute atomic E-state index is 0.00404. The monoisotopic (exact) mass is 532 g/mol. The Balaban J connectivity index is 1.23. The van der Waals surface area contributed by atoms with Crippen LogP contribution in [0.2, 0.25) is 0 Å². The van der Waals surface area contributed by atoms with E-state index in [4.69, 9.17) is 4.74 Å². The van der Waals surface area contributed by atoms with Crippen molar-refractivity contribution in [3.63, 3.8) is 0 Å². The van der Waals surface area contributed by atoms with Gasteiger partial charge in [0.15, 0.2) is 0 Å². The first-order valence-electron chi connectivity index (χ1n) is 13.5. The van der Waals surface area contributed by atoms with Crippen LogP contribution in [-0.2, 0) is 32.3 Å². The van der Waals surface area contributed by atoms with E-state index in [2.05, 4.69) is 20.9 Å². The molecule has 0 radical (unpaired) electrons. The topological polar surface area (TPSA) is 139 Å². The van der Waals surface area contributed by atoms with Crippen molar-refractivity contribution in [2.24, 2.45) is 11.8 Å². The fraction of sp³-hybridized carbons (Fsp3) is 0.464. The van der Waals surface area contributed by atoms with Crippen molar-refractivity contribution >= 4 is 28.8 Å². The molecule has 3 saturated heterocycles. The molecule has 3 aliphatic rings. The quantitative estimate of drug-likeness (QED) is 0.331. The summed E-state index contributed by atoms with van der Waals surface area (Å²) in [5.41, 5.74) is 1.40. The Hall–Kier alpha value is -3.83. The third-order valence-electron chi connectivity index (χ3n) is 8.29. The van der Waals surface area contributed by atoms with Gasteiger partial charge in [-0.3, -0.25) is 14.4 Å². The van der Waals surface area contributed by atoms with Gasteiger partial charge < -0.3 is 25.4 Å². The molecule has 0 aliphatic carbocycles. The molecule has 2 unspecified atom stereocenters. The molecule has 11 nitrogen and oxygen atoms in total. The molecule has 3 fully saturated rings. The Labute approximate surface area is 225 Å². The third-order valence-corrected chi connectivity index (χ3v) is 8.29. The van der Waals surface area contributed by atoms with Gasteiger partial charge in [-0.1, -0.05) is 47.7 Å². The first-order chi connectivity index (χ1) is 19.0. The van der Waals surface area contributed by atoms with Crippen LogP contribution in [0.15, 0.2) is 54.6 Å². The van der Waals surface area contributed by atoms with Crippen LogP contribution in [0.3, 0.4) is 0 Å². The average Bonchev–Trinajstić information content (AvgIpc) is 3.71. The third kappa shape index (κ3) is 4.35. The van der Waals surface area contributed by atoms with Gasteiger partial charge in [0.2, 0.25) is 17.7 Å². The van der Waals surface area contributed by atoms with E-state index in [1.807, 2.05) is 54.6 Å². The highest BCUT2D eigenvalue weighted by atomic mass is 16.5. The highest BCUT2D eigenvalue weighted by Crippen LogP contribution is 2.58. The number of rotatable bonds is 10. The fourth-order valence-corrected chi connectivity index (χ4v) is 6.57. The van der Waals surface area contributed by atoms with Crippen LogP contribution in [-0.4, -0.2) is 73.6 Å². The van der Waals surface area contributed by atoms with E-state index in [-0.39, 0.29) is 31.0 Å². The van der Waals surface area contributed by atoms with Crippen LogP contribution < -0.4 is 10.6 Å². The van der Waals surface area contributed by atoms with Crippen LogP contribution in [0, 0.1) is 11.8 Å². The zero-order chi connectivity index (χ0) is 27.0. The lowest BCUT2D eigenvalue weighted by atomic mass is 9.70. The number of benzene rings is 2. The number of nitrogens with one attached hydrogen (secondary N) is 2. The van der Waals surface area contributed by atoms with Crippen molar-refractivity contribution in [3.05, 3.63) is 60.2 Å². The second-order valence-corrected chi connectivity index (χ2v) is 10.5. The van der Waals surface area contributed by atoms with E-state index in [9.17, 15) is 19.5 Å². The van der Waals surface area contributed by atoms with Crippen LogP contribution in [0.4, 0.5) is 0 Å². The number of hydrogen-bond acceptors (Lipinski definition) is 7. The Bertz CT molecular complexity index is 1380. The molecule has 204 valence electrons. The molecule has 3 aliphatic heterocycles. The van der Waals surface area contributed by atoms with E-state index >= 15 is 0 Å². The first kappa shape index (κ1) is 25.4. The molecule has 4 heterocycles. The summed E-state index contributed by atoms with van der Waals surface area (Å²) in [4.78, 5) is 42.6. The lowest BCUT2D eigenvalue weighted by Crippen LogP contribution is -2.55. The van der Waals surface area contributed by atoms with Gasteiger partial charge in [-0.2, -0.15) is 0 Å². The van der Waals surface area contributed by atoms with E-state index in [1.165, 1.54) is 0 Å². The summed E-state index contributed by atoms with van der Waals surface area (Å²) in [6.45, 7) is 0.733. The molecular formula is C28H32N6O5. The SMILES string of the molecule is O=C(NCn1nnc2ccccc21)C1N(CCCCO)C(=O)[C@@H]2[C@@H](C(=O)NCc3ccccc3)[C@H]3CCC12O3. The molecule has 5 atom stereocenters. The fourth-order valence-electron chi connectivity index (χ4n) is 6.57. The maximum absolute atomic E-state index is 13.9. The number of para-hydroxylation sites is 1. The van der Waals surface area contributed by atoms with Gasteiger partial charge >= 0.3 is 0 Å². The zero-order valence-electron chi connectivity index (χ0n) is 21.5. The summed E-state index contributed by atoms with van der Waals surface area (Å²) in [6.07, 6.45) is 1.76. The van der Waals surface area contributed by atoms with Crippen molar-refractivity contribution in [3.8, 4) is 0 Å². The Morgan fingerprint density at radius 3 is 2.67 bits per heavy atom. The number of amides is 3. The molecule has 2 bridgehead atoms. The number of carbonyl (C=O) groups is 3. The standard InChI is InChI=1S/C28H32N6O5/c35-15-7-6-14-33-24(26(37)30-17-34-20-11-5-4-10-19(20)31-32-34)28-13-12-21(39-28)22(23(28)27(33)38)25(36)29-16-18-8-2-1-3-9-18/h1-5,8-11,21-24,35H,6-7,12-17H2,(H,29,36)(H,30,37)/t21-,22+,23+,24?,28?/m1/s1. The molecule has 3 amide bonds. The summed E-state index contributed by atoms with van der Waals surface area (Å²) >= 11 is 0. The Morgan fingerprint density at radius 1 is 1.05 bits per heavy atom. The number of fused-ring (bicyclic) bond motifs is 2. The van der Waals surface area contributed by atoms with Gasteiger partial charge in [0.05, 0.1) is 23.5 Å². The van der Waals surface area contributed by atoms with Crippen molar-refractivity contribution < 1.29 is 24.2 Å². The summed E-state index contributed by atoms with van der Waals surface area (Å²) in [6, 6.07) is 16.2. The number of aliphatic hydroxyl groups is 1. The molecule has 3 aromatic rings. The van der Waals surface area contributed by atoms with Gasteiger partial charge in [-0.25, -0.2) is 4.68 Å². The second kappa shape index (κ2) is 10.4. The number of unbranched alkanes of at least 4 members (excludes halogenated alkanes) is 1. The molecule has 11 heteroatoms. The molecular weight excluding hydrogens is 500 g/mol. The van der Waals surface area contributed by atoms with E-state index in [1.54, 1.807) is 9.58 Å². The zero-order valence-corrected chi connectivity index (χ0v) is 21.5. The number of aliphatic hydroxyl groups excluding tert-OH is 1. The smallest absolute Gasteiger partial charge is 0.247 e. The minimum atomic E-state index is -1.07. The lowest BCUT2D eigenvalue weighted by molar-refractivity contribution is -0.142. The van der Waals surface area contributed by atoms with Crippen LogP contribution in [0.25, 0.3) is 11.0 Å². The number of hydrogen-bond donors (Lipinski definition) is 3. The highest BCUT2D eigenvalue weighted by Gasteiger charge is 2.74. The average molecular weight is 533 g/mol. The highest BCUT2D eigenvalue weighted by molar-refractivity contribution is 5.98. The van der Waals surface area contributed by atoms with Crippen LogP contribution >= 0.6 is 0 Å². The number of likely N-dealkylation sites (tertiary alicyclic amines) is 1. The number of carbonyl (C=O) groups excluding carboxylic acids is 3. The molecule has 2 aromatic carbocycles. The summed E-state index contributed by atoms with van der Waals surface area (Å²) in [5, 5.41) is 23.5. The van der Waals surface area contributed by atoms with E-state index in [0.29, 0.717) is 44.3 Å². The predicted molar refractivity (Wildman–Crippen MR) is 140 cm³/mol. The van der Waals surface area contributed by atoms with E-state index < -0.39 is 29.6 Å². The lowest BCUT2D eigenvalue weighted by Gasteiger charge is -2.33. The largest absolute Gasteiger partial charge is 0.396 e. The number of nitrogens with zero attached hydrogens (tertiary/aromatic N) is 4. The number of aromatic nitrogens is 3. The van der Waals surface area contributed by atoms with Crippen molar-refractivity contribution in [2.75, 3.05) is 13.2 Å². The predicted octanol–water partition coefficient (Wildman–Crippen LogP) is 0.968. The summed E-state index contributed by atoms with van der Waals surface area (Å²) in [5.74, 6) is -2.20. The van der Waals surface area contributed by atoms with Gasteiger partial charge in [-0.05, 0) is 43.4 Å². The molecule has 6 rings (SSSR count). The first-order valence-corrected chi connectivity index (χ1v) is 13.5. The van der Waals surface area contributed by atoms with Gasteiger partial charge in [-0.15, -0.1) is 5.10 Å². The van der Waals surface area contributed by atoms with E-state index in [0.717, 1.165) is 11.1 Å². The molecule has 3 N–H and O–H groups in total. The second-order valence-electron chi connectivity index (χ2n) is 10.5. The normalized spacial score (nSPS) is 27.2. The Morgan fingerprint density at radius 2 is 1.85 bits per heavy atom. The van der Waals surface area contributed by atoms with Crippen LogP contribution in [0.5, 0.6) is 0 Å². The summed E-state index contributed by atoms with van der Waals surface area (Å²) < 4.78 is 8.05. The molecule has 1 spiro atoms. The maximum Gasteiger partial charge on any atom is 0.247 e. The summed E-state index contributed by atoms with van der Waals surface area (Å²) in [7, 11) is 0. The molecule has 39 heavy (non-hydrogen) atoms. The van der Waals surface area contributed by atoms with Crippen LogP contribution in [0.1, 0.15) is 31.2 Å². The number of ether oxygens (including phenoxy) is 1. The molecule has 0 saturated carbocycles. The maximum atomic E-state index is 13.9. The molecule has 1 aromatic heterocycles. The minimum Gasteiger partial charge on any atom is -0.396 e. The van der Waals surface area contributed by atoms with Crippen molar-refractivity contribution in [2.45, 2.75) is 56.6 Å². The van der Waals surface area contributed by atoms with Gasteiger partial charge in [0.25, 0.3) is 0 Å². The van der Waals surface area contributed by atoms with Crippen molar-refractivity contribution in [1.29, 1.82) is 0 Å². The Kier molecular flexibility index (Phi) is 6.78. The van der Waals surface area contributed by atoms with Gasteiger partial charge in [0, 0.05) is 19.7 Å².